The molecule has 0 aromatic carbocycles. The SMILES string of the molecule is CC1C=CC2=C1C=CC=CC=CC=CC=C2. The normalized spacial score (nSPS) is 23.4. The van der Waals surface area contributed by atoms with E-state index in [4.69, 9.17) is 0 Å². The quantitative estimate of drug-likeness (QED) is 0.557. The van der Waals surface area contributed by atoms with Crippen molar-refractivity contribution >= 4 is 0 Å². The molecule has 2 rings (SSSR count). The molecule has 1 atom stereocenters. The predicted molar refractivity (Wildman–Crippen MR) is 71.0 cm³/mol. The largest absolute Gasteiger partial charge is 0.0767 e. The Hall–Kier alpha value is -1.82. The highest BCUT2D eigenvalue weighted by atomic mass is 14.2. The van der Waals surface area contributed by atoms with E-state index in [1.54, 1.807) is 0 Å². The molecule has 0 bridgehead atoms. The Balaban J connectivity index is 2.33. The Labute approximate surface area is 97.4 Å². The molecule has 0 spiro atoms. The summed E-state index contributed by atoms with van der Waals surface area (Å²) in [7, 11) is 0. The molecule has 0 heterocycles. The van der Waals surface area contributed by atoms with Crippen LogP contribution in [0.2, 0.25) is 0 Å². The van der Waals surface area contributed by atoms with Gasteiger partial charge in [-0.15, -0.1) is 0 Å². The molecule has 0 amide bonds. The van der Waals surface area contributed by atoms with Crippen LogP contribution in [0.15, 0.2) is 84.1 Å². The zero-order valence-electron chi connectivity index (χ0n) is 9.51. The summed E-state index contributed by atoms with van der Waals surface area (Å²) in [6.45, 7) is 2.22. The smallest absolute Gasteiger partial charge is 0.000118 e. The molecule has 0 heteroatoms. The Morgan fingerprint density at radius 2 is 1.25 bits per heavy atom. The van der Waals surface area contributed by atoms with E-state index in [1.807, 2.05) is 24.3 Å². The highest BCUT2D eigenvalue weighted by molar-refractivity contribution is 5.49. The van der Waals surface area contributed by atoms with Crippen LogP contribution in [-0.2, 0) is 0 Å². The van der Waals surface area contributed by atoms with Crippen LogP contribution in [0.3, 0.4) is 0 Å². The van der Waals surface area contributed by atoms with Gasteiger partial charge >= 0.3 is 0 Å². The number of allylic oxidation sites excluding steroid dienone is 14. The molecule has 0 saturated heterocycles. The van der Waals surface area contributed by atoms with Crippen LogP contribution in [0.25, 0.3) is 0 Å². The van der Waals surface area contributed by atoms with Gasteiger partial charge in [0.2, 0.25) is 0 Å². The Bertz CT molecular complexity index is 448. The fourth-order valence-electron chi connectivity index (χ4n) is 1.81. The molecule has 0 fully saturated rings. The van der Waals surface area contributed by atoms with Crippen LogP contribution in [0.1, 0.15) is 6.92 Å². The van der Waals surface area contributed by atoms with Crippen molar-refractivity contribution in [2.75, 3.05) is 0 Å². The first-order chi connectivity index (χ1) is 7.88. The lowest BCUT2D eigenvalue weighted by atomic mass is 10.0. The summed E-state index contributed by atoms with van der Waals surface area (Å²) in [5.74, 6) is 0.520. The van der Waals surface area contributed by atoms with E-state index in [0.29, 0.717) is 5.92 Å². The molecule has 0 radical (unpaired) electrons. The predicted octanol–water partition coefficient (Wildman–Crippen LogP) is 4.28. The summed E-state index contributed by atoms with van der Waals surface area (Å²) >= 11 is 0. The molecule has 80 valence electrons. The van der Waals surface area contributed by atoms with Crippen LogP contribution in [0.5, 0.6) is 0 Å². The average Bonchev–Trinajstić information content (AvgIpc) is 2.60. The van der Waals surface area contributed by atoms with Crippen molar-refractivity contribution in [1.82, 2.24) is 0 Å². The number of hydrogen-bond donors (Lipinski definition) is 0. The second kappa shape index (κ2) is 5.32. The summed E-state index contributed by atoms with van der Waals surface area (Å²) in [6, 6.07) is 0. The average molecular weight is 208 g/mol. The van der Waals surface area contributed by atoms with Crippen molar-refractivity contribution in [2.45, 2.75) is 6.92 Å². The maximum Gasteiger partial charge on any atom is -0.000118 e. The molecule has 0 saturated carbocycles. The lowest BCUT2D eigenvalue weighted by Gasteiger charge is -2.03. The van der Waals surface area contributed by atoms with E-state index in [-0.39, 0.29) is 0 Å². The molecule has 16 heavy (non-hydrogen) atoms. The molecular formula is C16H16. The van der Waals surface area contributed by atoms with Crippen molar-refractivity contribution in [1.29, 1.82) is 0 Å². The maximum atomic E-state index is 2.24. The van der Waals surface area contributed by atoms with E-state index in [9.17, 15) is 0 Å². The summed E-state index contributed by atoms with van der Waals surface area (Å²) in [4.78, 5) is 0. The third-order valence-corrected chi connectivity index (χ3v) is 2.72. The summed E-state index contributed by atoms with van der Waals surface area (Å²) in [5, 5.41) is 0. The van der Waals surface area contributed by atoms with E-state index in [2.05, 4.69) is 55.5 Å². The second-order valence-corrected chi connectivity index (χ2v) is 3.93. The van der Waals surface area contributed by atoms with Gasteiger partial charge in [-0.1, -0.05) is 79.8 Å². The van der Waals surface area contributed by atoms with Crippen molar-refractivity contribution in [3.8, 4) is 0 Å². The molecule has 1 unspecified atom stereocenters. The van der Waals surface area contributed by atoms with Crippen LogP contribution in [-0.4, -0.2) is 0 Å². The van der Waals surface area contributed by atoms with Crippen molar-refractivity contribution in [3.63, 3.8) is 0 Å². The van der Waals surface area contributed by atoms with E-state index < -0.39 is 0 Å². The molecule has 2 aliphatic rings. The first-order valence-corrected chi connectivity index (χ1v) is 5.65. The monoisotopic (exact) mass is 208 g/mol. The zero-order valence-corrected chi connectivity index (χ0v) is 9.51. The van der Waals surface area contributed by atoms with E-state index in [1.165, 1.54) is 11.1 Å². The minimum atomic E-state index is 0.520. The first-order valence-electron chi connectivity index (χ1n) is 5.65. The Kier molecular flexibility index (Phi) is 3.55. The Morgan fingerprint density at radius 1 is 0.688 bits per heavy atom. The van der Waals surface area contributed by atoms with Gasteiger partial charge in [-0.3, -0.25) is 0 Å². The van der Waals surface area contributed by atoms with Crippen LogP contribution < -0.4 is 0 Å². The van der Waals surface area contributed by atoms with Crippen LogP contribution in [0.4, 0.5) is 0 Å². The fraction of sp³-hybridized carbons (Fsp3) is 0.125. The van der Waals surface area contributed by atoms with Gasteiger partial charge in [0.05, 0.1) is 0 Å². The van der Waals surface area contributed by atoms with Gasteiger partial charge in [-0.2, -0.15) is 0 Å². The summed E-state index contributed by atoms with van der Waals surface area (Å²) < 4.78 is 0. The fourth-order valence-corrected chi connectivity index (χ4v) is 1.81. The van der Waals surface area contributed by atoms with Gasteiger partial charge in [-0.05, 0) is 17.1 Å². The molecular weight excluding hydrogens is 192 g/mol. The molecule has 0 aliphatic heterocycles. The maximum absolute atomic E-state index is 2.24. The molecule has 0 nitrogen and oxygen atoms in total. The zero-order chi connectivity index (χ0) is 11.2. The summed E-state index contributed by atoms with van der Waals surface area (Å²) in [6.07, 6.45) is 25.2. The summed E-state index contributed by atoms with van der Waals surface area (Å²) in [5.41, 5.74) is 2.70. The van der Waals surface area contributed by atoms with Gasteiger partial charge in [0.1, 0.15) is 0 Å². The second-order valence-electron chi connectivity index (χ2n) is 3.93. The topological polar surface area (TPSA) is 0 Å². The van der Waals surface area contributed by atoms with Crippen molar-refractivity contribution in [3.05, 3.63) is 84.1 Å². The Morgan fingerprint density at radius 3 is 1.94 bits per heavy atom. The van der Waals surface area contributed by atoms with Crippen molar-refractivity contribution in [2.24, 2.45) is 5.92 Å². The molecule has 2 aliphatic carbocycles. The van der Waals surface area contributed by atoms with E-state index in [0.717, 1.165) is 0 Å². The van der Waals surface area contributed by atoms with Crippen LogP contribution >= 0.6 is 0 Å². The third kappa shape index (κ3) is 2.60. The number of hydrogen-bond acceptors (Lipinski definition) is 0. The highest BCUT2D eigenvalue weighted by Gasteiger charge is 2.11. The standard InChI is InChI=1S/C16H16/c1-14-12-13-15-10-8-6-4-2-3-5-7-9-11-16(14)15/h2-14H,1H3. The van der Waals surface area contributed by atoms with Gasteiger partial charge in [0, 0.05) is 0 Å². The van der Waals surface area contributed by atoms with Crippen molar-refractivity contribution < 1.29 is 0 Å². The minimum absolute atomic E-state index is 0.520. The molecule has 0 N–H and O–H groups in total. The lowest BCUT2D eigenvalue weighted by Crippen LogP contribution is -1.89. The minimum Gasteiger partial charge on any atom is -0.0767 e. The third-order valence-electron chi connectivity index (χ3n) is 2.72. The first kappa shape index (κ1) is 10.7. The number of rotatable bonds is 0. The highest BCUT2D eigenvalue weighted by Crippen LogP contribution is 2.27. The van der Waals surface area contributed by atoms with Crippen LogP contribution in [0, 0.1) is 5.92 Å². The lowest BCUT2D eigenvalue weighted by molar-refractivity contribution is 0.907. The van der Waals surface area contributed by atoms with Gasteiger partial charge < -0.3 is 0 Å². The molecule has 0 aromatic rings. The van der Waals surface area contributed by atoms with Gasteiger partial charge in [0.25, 0.3) is 0 Å². The molecule has 0 aromatic heterocycles. The van der Waals surface area contributed by atoms with Gasteiger partial charge in [-0.25, -0.2) is 0 Å². The van der Waals surface area contributed by atoms with E-state index >= 15 is 0 Å². The van der Waals surface area contributed by atoms with Gasteiger partial charge in [0.15, 0.2) is 0 Å².